The summed E-state index contributed by atoms with van der Waals surface area (Å²) in [6.45, 7) is 1.90. The fourth-order valence-corrected chi connectivity index (χ4v) is 1.90. The maximum atomic E-state index is 9.74. The first-order valence-corrected chi connectivity index (χ1v) is 5.95. The summed E-state index contributed by atoms with van der Waals surface area (Å²) in [5, 5.41) is 28.9. The molecule has 1 aromatic rings. The highest BCUT2D eigenvalue weighted by molar-refractivity contribution is 5.13. The lowest BCUT2D eigenvalue weighted by Crippen LogP contribution is -2.57. The molecule has 1 saturated heterocycles. The number of hydrogen-bond donors (Lipinski definition) is 3. The predicted octanol–water partition coefficient (Wildman–Crippen LogP) is 0.0307. The zero-order valence-electron chi connectivity index (χ0n) is 10.1. The summed E-state index contributed by atoms with van der Waals surface area (Å²) >= 11 is 0. The third-order valence-corrected chi connectivity index (χ3v) is 3.07. The van der Waals surface area contributed by atoms with Gasteiger partial charge in [-0.25, -0.2) is 0 Å². The van der Waals surface area contributed by atoms with E-state index in [2.05, 4.69) is 0 Å². The van der Waals surface area contributed by atoms with Gasteiger partial charge in [0.25, 0.3) is 0 Å². The average Bonchev–Trinajstić information content (AvgIpc) is 2.40. The van der Waals surface area contributed by atoms with Crippen molar-refractivity contribution in [1.82, 2.24) is 0 Å². The van der Waals surface area contributed by atoms with Crippen molar-refractivity contribution in [2.75, 3.05) is 0 Å². The second-order valence-electron chi connectivity index (χ2n) is 4.48. The first-order valence-electron chi connectivity index (χ1n) is 5.95. The molecule has 3 N–H and O–H groups in total. The van der Waals surface area contributed by atoms with E-state index in [1.165, 1.54) is 0 Å². The highest BCUT2D eigenvalue weighted by atomic mass is 16.7. The van der Waals surface area contributed by atoms with E-state index in [9.17, 15) is 15.3 Å². The maximum Gasteiger partial charge on any atom is 0.186 e. The summed E-state index contributed by atoms with van der Waals surface area (Å²) in [5.74, 6) is 0. The van der Waals surface area contributed by atoms with E-state index in [1.807, 2.05) is 30.3 Å². The van der Waals surface area contributed by atoms with Gasteiger partial charge >= 0.3 is 0 Å². The molecule has 18 heavy (non-hydrogen) atoms. The van der Waals surface area contributed by atoms with Gasteiger partial charge in [-0.2, -0.15) is 0 Å². The van der Waals surface area contributed by atoms with Crippen LogP contribution in [0.1, 0.15) is 12.5 Å². The van der Waals surface area contributed by atoms with Crippen molar-refractivity contribution >= 4 is 0 Å². The molecule has 0 spiro atoms. The molecule has 5 heteroatoms. The first kappa shape index (κ1) is 13.5. The number of ether oxygens (including phenoxy) is 2. The molecule has 5 atom stereocenters. The van der Waals surface area contributed by atoms with Crippen LogP contribution in [0.2, 0.25) is 0 Å². The molecular weight excluding hydrogens is 236 g/mol. The van der Waals surface area contributed by atoms with Crippen molar-refractivity contribution in [1.29, 1.82) is 0 Å². The summed E-state index contributed by atoms with van der Waals surface area (Å²) < 4.78 is 10.7. The summed E-state index contributed by atoms with van der Waals surface area (Å²) in [6, 6.07) is 9.46. The zero-order chi connectivity index (χ0) is 13.1. The van der Waals surface area contributed by atoms with Crippen molar-refractivity contribution in [3.8, 4) is 0 Å². The van der Waals surface area contributed by atoms with Crippen LogP contribution in [0, 0.1) is 0 Å². The van der Waals surface area contributed by atoms with E-state index in [4.69, 9.17) is 9.47 Å². The van der Waals surface area contributed by atoms with E-state index in [0.29, 0.717) is 0 Å². The smallest absolute Gasteiger partial charge is 0.186 e. The van der Waals surface area contributed by atoms with Crippen LogP contribution in [0.4, 0.5) is 0 Å². The summed E-state index contributed by atoms with van der Waals surface area (Å²) in [5.41, 5.74) is 0.946. The molecule has 1 unspecified atom stereocenters. The lowest BCUT2D eigenvalue weighted by molar-refractivity contribution is -0.296. The van der Waals surface area contributed by atoms with Crippen LogP contribution < -0.4 is 0 Å². The standard InChI is InChI=1S/C13H18O5/c1-8-10(14)11(15)12(16)13(18-8)17-7-9-5-3-2-4-6-9/h2-6,8,10-16H,7H2,1H3/t8-,10-,11+,12+,13?/m1/s1. The molecule has 1 aliphatic rings. The van der Waals surface area contributed by atoms with Crippen molar-refractivity contribution in [2.45, 2.75) is 44.2 Å². The van der Waals surface area contributed by atoms with E-state index in [1.54, 1.807) is 6.92 Å². The van der Waals surface area contributed by atoms with Crippen LogP contribution in [0.3, 0.4) is 0 Å². The van der Waals surface area contributed by atoms with E-state index >= 15 is 0 Å². The first-order chi connectivity index (χ1) is 8.59. The molecule has 2 rings (SSSR count). The maximum absolute atomic E-state index is 9.74. The quantitative estimate of drug-likeness (QED) is 0.709. The van der Waals surface area contributed by atoms with E-state index in [-0.39, 0.29) is 6.61 Å². The van der Waals surface area contributed by atoms with Crippen LogP contribution in [-0.2, 0) is 16.1 Å². The van der Waals surface area contributed by atoms with E-state index < -0.39 is 30.7 Å². The third kappa shape index (κ3) is 2.88. The molecule has 1 fully saturated rings. The molecule has 0 aromatic heterocycles. The molecule has 0 saturated carbocycles. The molecule has 0 amide bonds. The van der Waals surface area contributed by atoms with Gasteiger partial charge in [0.2, 0.25) is 0 Å². The largest absolute Gasteiger partial charge is 0.388 e. The Morgan fingerprint density at radius 3 is 2.39 bits per heavy atom. The Bertz CT molecular complexity index is 369. The van der Waals surface area contributed by atoms with Gasteiger partial charge in [-0.1, -0.05) is 30.3 Å². The summed E-state index contributed by atoms with van der Waals surface area (Å²) in [4.78, 5) is 0. The molecular formula is C13H18O5. The minimum Gasteiger partial charge on any atom is -0.388 e. The fraction of sp³-hybridized carbons (Fsp3) is 0.538. The predicted molar refractivity (Wildman–Crippen MR) is 63.6 cm³/mol. The topological polar surface area (TPSA) is 79.2 Å². The molecule has 0 aliphatic carbocycles. The molecule has 0 bridgehead atoms. The Balaban J connectivity index is 1.93. The highest BCUT2D eigenvalue weighted by Crippen LogP contribution is 2.22. The van der Waals surface area contributed by atoms with Crippen LogP contribution in [-0.4, -0.2) is 46.0 Å². The van der Waals surface area contributed by atoms with Crippen LogP contribution in [0.25, 0.3) is 0 Å². The number of aliphatic hydroxyl groups is 3. The van der Waals surface area contributed by atoms with Gasteiger partial charge in [-0.3, -0.25) is 0 Å². The van der Waals surface area contributed by atoms with Gasteiger partial charge < -0.3 is 24.8 Å². The second-order valence-corrected chi connectivity index (χ2v) is 4.48. The van der Waals surface area contributed by atoms with Crippen molar-refractivity contribution in [2.24, 2.45) is 0 Å². The lowest BCUT2D eigenvalue weighted by Gasteiger charge is -2.38. The Labute approximate surface area is 106 Å². The number of hydrogen-bond acceptors (Lipinski definition) is 5. The third-order valence-electron chi connectivity index (χ3n) is 3.07. The van der Waals surface area contributed by atoms with Gasteiger partial charge in [0, 0.05) is 0 Å². The van der Waals surface area contributed by atoms with Crippen LogP contribution >= 0.6 is 0 Å². The molecule has 0 radical (unpaired) electrons. The van der Waals surface area contributed by atoms with Gasteiger partial charge in [-0.15, -0.1) is 0 Å². The van der Waals surface area contributed by atoms with Gasteiger partial charge in [0.15, 0.2) is 6.29 Å². The molecule has 1 aromatic carbocycles. The highest BCUT2D eigenvalue weighted by Gasteiger charge is 2.42. The Hall–Kier alpha value is -0.980. The SMILES string of the molecule is C[C@H]1OC(OCc2ccccc2)[C@@H](O)[C@@H](O)[C@@H]1O. The van der Waals surface area contributed by atoms with Gasteiger partial charge in [0.05, 0.1) is 12.7 Å². The van der Waals surface area contributed by atoms with Gasteiger partial charge in [0.1, 0.15) is 18.3 Å². The minimum absolute atomic E-state index is 0.276. The minimum atomic E-state index is -1.26. The van der Waals surface area contributed by atoms with Crippen molar-refractivity contribution in [3.63, 3.8) is 0 Å². The van der Waals surface area contributed by atoms with Gasteiger partial charge in [-0.05, 0) is 12.5 Å². The Morgan fingerprint density at radius 2 is 1.72 bits per heavy atom. The summed E-state index contributed by atoms with van der Waals surface area (Å²) in [7, 11) is 0. The van der Waals surface area contributed by atoms with Crippen molar-refractivity contribution in [3.05, 3.63) is 35.9 Å². The number of rotatable bonds is 3. The second kappa shape index (κ2) is 5.77. The van der Waals surface area contributed by atoms with Crippen LogP contribution in [0.15, 0.2) is 30.3 Å². The number of benzene rings is 1. The zero-order valence-corrected chi connectivity index (χ0v) is 10.1. The lowest BCUT2D eigenvalue weighted by atomic mass is 10.00. The molecule has 5 nitrogen and oxygen atoms in total. The monoisotopic (exact) mass is 254 g/mol. The Kier molecular flexibility index (Phi) is 4.31. The van der Waals surface area contributed by atoms with E-state index in [0.717, 1.165) is 5.56 Å². The normalized spacial score (nSPS) is 36.6. The molecule has 1 heterocycles. The average molecular weight is 254 g/mol. The van der Waals surface area contributed by atoms with Crippen molar-refractivity contribution < 1.29 is 24.8 Å². The number of aliphatic hydroxyl groups excluding tert-OH is 3. The molecule has 1 aliphatic heterocycles. The van der Waals surface area contributed by atoms with Crippen LogP contribution in [0.5, 0.6) is 0 Å². The molecule has 100 valence electrons. The summed E-state index contributed by atoms with van der Waals surface area (Å²) in [6.07, 6.45) is -5.12. The fourth-order valence-electron chi connectivity index (χ4n) is 1.90. The Morgan fingerprint density at radius 1 is 1.06 bits per heavy atom.